The third-order valence-electron chi connectivity index (χ3n) is 4.23. The van der Waals surface area contributed by atoms with Gasteiger partial charge in [-0.1, -0.05) is 31.9 Å². The fraction of sp³-hybridized carbons (Fsp3) is 0.333. The molecule has 2 rings (SSSR count). The summed E-state index contributed by atoms with van der Waals surface area (Å²) in [5, 5.41) is 17.0. The summed E-state index contributed by atoms with van der Waals surface area (Å²) in [4.78, 5) is 35.7. The quantitative estimate of drug-likeness (QED) is 0.238. The van der Waals surface area contributed by atoms with Crippen molar-refractivity contribution in [2.45, 2.75) is 31.1 Å². The summed E-state index contributed by atoms with van der Waals surface area (Å²) in [5.41, 5.74) is 0.387. The smallest absolute Gasteiger partial charge is 0.283 e. The molecule has 0 aliphatic rings. The largest absolute Gasteiger partial charge is 0.495 e. The van der Waals surface area contributed by atoms with Crippen molar-refractivity contribution >= 4 is 35.0 Å². The molecule has 0 heterocycles. The fourth-order valence-corrected chi connectivity index (χ4v) is 3.50. The van der Waals surface area contributed by atoms with Crippen molar-refractivity contribution in [1.82, 2.24) is 5.32 Å². The van der Waals surface area contributed by atoms with E-state index >= 15 is 0 Å². The molecule has 30 heavy (non-hydrogen) atoms. The zero-order valence-corrected chi connectivity index (χ0v) is 17.8. The van der Waals surface area contributed by atoms with Gasteiger partial charge >= 0.3 is 0 Å². The number of thioether (sulfide) groups is 1. The lowest BCUT2D eigenvalue weighted by molar-refractivity contribution is -0.387. The number of hydrogen-bond donors (Lipinski definition) is 2. The molecule has 0 aliphatic carbocycles. The van der Waals surface area contributed by atoms with Crippen LogP contribution in [0.15, 0.2) is 47.4 Å². The van der Waals surface area contributed by atoms with Crippen molar-refractivity contribution in [1.29, 1.82) is 0 Å². The number of para-hydroxylation sites is 2. The molecule has 0 saturated carbocycles. The predicted octanol–water partition coefficient (Wildman–Crippen LogP) is 4.25. The highest BCUT2D eigenvalue weighted by molar-refractivity contribution is 8.00. The summed E-state index contributed by atoms with van der Waals surface area (Å²) >= 11 is 1.07. The second-order valence-electron chi connectivity index (χ2n) is 6.44. The number of nitro groups is 1. The van der Waals surface area contributed by atoms with Crippen LogP contribution in [0.25, 0.3) is 0 Å². The average Bonchev–Trinajstić information content (AvgIpc) is 2.75. The number of amides is 2. The van der Waals surface area contributed by atoms with Gasteiger partial charge in [-0.25, -0.2) is 0 Å². The minimum absolute atomic E-state index is 0.0692. The number of unbranched alkanes of at least 4 members (excludes halogenated alkanes) is 2. The van der Waals surface area contributed by atoms with Crippen molar-refractivity contribution in [2.24, 2.45) is 0 Å². The van der Waals surface area contributed by atoms with Crippen LogP contribution in [0.3, 0.4) is 0 Å². The molecular weight excluding hydrogens is 406 g/mol. The standard InChI is InChI=1S/C21H25N3O5S/c1-3-4-7-12-22-20(25)14-30-19-11-10-15(13-17(19)24(27)28)21(26)23-16-8-5-6-9-18(16)29-2/h5-6,8-11,13H,3-4,7,12,14H2,1-2H3,(H,22,25)(H,23,26). The van der Waals surface area contributed by atoms with Crippen LogP contribution in [-0.4, -0.2) is 36.1 Å². The van der Waals surface area contributed by atoms with Gasteiger partial charge in [-0.15, -0.1) is 11.8 Å². The molecule has 0 saturated heterocycles. The predicted molar refractivity (Wildman–Crippen MR) is 117 cm³/mol. The maximum atomic E-state index is 12.5. The van der Waals surface area contributed by atoms with Crippen molar-refractivity contribution in [3.63, 3.8) is 0 Å². The van der Waals surface area contributed by atoms with Crippen LogP contribution in [0.5, 0.6) is 5.75 Å². The lowest BCUT2D eigenvalue weighted by Gasteiger charge is -2.10. The molecule has 0 fully saturated rings. The number of carbonyl (C=O) groups excluding carboxylic acids is 2. The first-order valence-corrected chi connectivity index (χ1v) is 10.6. The van der Waals surface area contributed by atoms with E-state index in [0.717, 1.165) is 31.0 Å². The summed E-state index contributed by atoms with van der Waals surface area (Å²) in [6, 6.07) is 11.1. The molecule has 0 bridgehead atoms. The number of benzene rings is 2. The number of nitrogens with zero attached hydrogens (tertiary/aromatic N) is 1. The van der Waals surface area contributed by atoms with E-state index in [-0.39, 0.29) is 22.9 Å². The first-order chi connectivity index (χ1) is 14.5. The molecule has 9 heteroatoms. The van der Waals surface area contributed by atoms with Gasteiger partial charge in [0.05, 0.1) is 28.4 Å². The number of anilines is 1. The van der Waals surface area contributed by atoms with E-state index < -0.39 is 10.8 Å². The van der Waals surface area contributed by atoms with Crippen molar-refractivity contribution in [3.05, 3.63) is 58.1 Å². The topological polar surface area (TPSA) is 111 Å². The van der Waals surface area contributed by atoms with E-state index in [2.05, 4.69) is 17.6 Å². The Hall–Kier alpha value is -3.07. The normalized spacial score (nSPS) is 10.3. The van der Waals surface area contributed by atoms with Crippen LogP contribution in [0.4, 0.5) is 11.4 Å². The molecule has 160 valence electrons. The Morgan fingerprint density at radius 3 is 2.63 bits per heavy atom. The first-order valence-electron chi connectivity index (χ1n) is 9.58. The number of rotatable bonds is 11. The Labute approximate surface area is 179 Å². The summed E-state index contributed by atoms with van der Waals surface area (Å²) < 4.78 is 5.19. The zero-order valence-electron chi connectivity index (χ0n) is 17.0. The molecule has 8 nitrogen and oxygen atoms in total. The Bertz CT molecular complexity index is 904. The molecule has 0 spiro atoms. The number of methoxy groups -OCH3 is 1. The molecular formula is C21H25N3O5S. The van der Waals surface area contributed by atoms with Gasteiger partial charge in [0.2, 0.25) is 5.91 Å². The van der Waals surface area contributed by atoms with E-state index in [9.17, 15) is 19.7 Å². The summed E-state index contributed by atoms with van der Waals surface area (Å²) in [5.74, 6) is -0.117. The lowest BCUT2D eigenvalue weighted by atomic mass is 10.2. The van der Waals surface area contributed by atoms with Gasteiger partial charge in [0.15, 0.2) is 0 Å². The molecule has 0 aromatic heterocycles. The van der Waals surface area contributed by atoms with Gasteiger partial charge in [-0.05, 0) is 30.7 Å². The number of ether oxygens (including phenoxy) is 1. The average molecular weight is 432 g/mol. The monoisotopic (exact) mass is 431 g/mol. The highest BCUT2D eigenvalue weighted by atomic mass is 32.2. The van der Waals surface area contributed by atoms with E-state index in [1.807, 2.05) is 0 Å². The lowest BCUT2D eigenvalue weighted by Crippen LogP contribution is -2.26. The molecule has 2 N–H and O–H groups in total. The van der Waals surface area contributed by atoms with Crippen LogP contribution in [0.1, 0.15) is 36.5 Å². The Balaban J connectivity index is 2.06. The van der Waals surface area contributed by atoms with Crippen molar-refractivity contribution in [3.8, 4) is 5.75 Å². The summed E-state index contributed by atoms with van der Waals surface area (Å²) in [6.45, 7) is 2.68. The minimum atomic E-state index is -0.554. The molecule has 2 amide bonds. The van der Waals surface area contributed by atoms with Gasteiger partial charge in [0.25, 0.3) is 11.6 Å². The number of hydrogen-bond acceptors (Lipinski definition) is 6. The van der Waals surface area contributed by atoms with Gasteiger partial charge in [0.1, 0.15) is 5.75 Å². The van der Waals surface area contributed by atoms with Crippen molar-refractivity contribution in [2.75, 3.05) is 24.7 Å². The van der Waals surface area contributed by atoms with E-state index in [4.69, 9.17) is 4.74 Å². The molecule has 2 aromatic rings. The second-order valence-corrected chi connectivity index (χ2v) is 7.46. The maximum absolute atomic E-state index is 12.5. The van der Waals surface area contributed by atoms with Gasteiger partial charge in [-0.3, -0.25) is 19.7 Å². The van der Waals surface area contributed by atoms with Crippen LogP contribution < -0.4 is 15.4 Å². The first kappa shape index (κ1) is 23.2. The third-order valence-corrected chi connectivity index (χ3v) is 5.30. The summed E-state index contributed by atoms with van der Waals surface area (Å²) in [6.07, 6.45) is 3.01. The highest BCUT2D eigenvalue weighted by Crippen LogP contribution is 2.31. The Morgan fingerprint density at radius 2 is 1.93 bits per heavy atom. The van der Waals surface area contributed by atoms with Crippen molar-refractivity contribution < 1.29 is 19.2 Å². The van der Waals surface area contributed by atoms with Crippen LogP contribution in [-0.2, 0) is 4.79 Å². The van der Waals surface area contributed by atoms with Crippen LogP contribution >= 0.6 is 11.8 Å². The molecule has 0 radical (unpaired) electrons. The van der Waals surface area contributed by atoms with Gasteiger partial charge in [-0.2, -0.15) is 0 Å². The number of carbonyl (C=O) groups is 2. The van der Waals surface area contributed by atoms with Crippen LogP contribution in [0, 0.1) is 10.1 Å². The highest BCUT2D eigenvalue weighted by Gasteiger charge is 2.19. The van der Waals surface area contributed by atoms with E-state index in [1.165, 1.54) is 25.3 Å². The number of nitro benzene ring substituents is 1. The van der Waals surface area contributed by atoms with Gasteiger partial charge in [0, 0.05) is 18.2 Å². The second kappa shape index (κ2) is 11.8. The number of nitrogens with one attached hydrogen (secondary N) is 2. The zero-order chi connectivity index (χ0) is 21.9. The van der Waals surface area contributed by atoms with Crippen LogP contribution in [0.2, 0.25) is 0 Å². The maximum Gasteiger partial charge on any atom is 0.283 e. The Morgan fingerprint density at radius 1 is 1.17 bits per heavy atom. The SMILES string of the molecule is CCCCCNC(=O)CSc1ccc(C(=O)Nc2ccccc2OC)cc1[N+](=O)[O-]. The minimum Gasteiger partial charge on any atom is -0.495 e. The van der Waals surface area contributed by atoms with E-state index in [0.29, 0.717) is 22.9 Å². The molecule has 0 aliphatic heterocycles. The van der Waals surface area contributed by atoms with E-state index in [1.54, 1.807) is 24.3 Å². The molecule has 0 atom stereocenters. The molecule has 0 unspecified atom stereocenters. The third kappa shape index (κ3) is 6.77. The van der Waals surface area contributed by atoms with Gasteiger partial charge < -0.3 is 15.4 Å². The molecule has 2 aromatic carbocycles. The fourth-order valence-electron chi connectivity index (χ4n) is 2.66. The Kier molecular flexibility index (Phi) is 9.14. The summed E-state index contributed by atoms with van der Waals surface area (Å²) in [7, 11) is 1.49.